The normalized spacial score (nSPS) is 13.7. The Balaban J connectivity index is 0.752. The zero-order valence-corrected chi connectivity index (χ0v) is 44.6. The molecule has 16 aromatic rings. The van der Waals surface area contributed by atoms with Crippen molar-refractivity contribution < 1.29 is 0 Å². The van der Waals surface area contributed by atoms with Crippen molar-refractivity contribution in [1.82, 2.24) is 8.97 Å². The predicted octanol–water partition coefficient (Wildman–Crippen LogP) is 19.1. The Bertz CT molecular complexity index is 5420. The molecule has 12 aromatic carbocycles. The Morgan fingerprint density at radius 2 is 0.812 bits per heavy atom. The van der Waals surface area contributed by atoms with Crippen LogP contribution in [0.25, 0.3) is 141 Å². The number of rotatable bonds is 6. The van der Waals surface area contributed by atoms with Crippen LogP contribution in [0.5, 0.6) is 0 Å². The fraction of sp³-hybridized carbons (Fsp3) is 0. The Labute approximate surface area is 465 Å². The van der Waals surface area contributed by atoms with E-state index in [9.17, 15) is 9.59 Å². The van der Waals surface area contributed by atoms with Gasteiger partial charge in [0.05, 0.1) is 16.6 Å². The van der Waals surface area contributed by atoms with Crippen LogP contribution in [-0.2, 0) is 0 Å². The first-order valence-corrected chi connectivity index (χ1v) is 29.2. The van der Waals surface area contributed by atoms with E-state index in [0.29, 0.717) is 5.39 Å². The minimum absolute atomic E-state index is 0.00731. The van der Waals surface area contributed by atoms with Crippen molar-refractivity contribution >= 4 is 102 Å². The molecule has 374 valence electrons. The highest BCUT2D eigenvalue weighted by molar-refractivity contribution is 8.17. The Morgan fingerprint density at radius 3 is 1.62 bits per heavy atom. The molecule has 0 radical (unpaired) electrons. The van der Waals surface area contributed by atoms with Crippen LogP contribution in [0.3, 0.4) is 0 Å². The smallest absolute Gasteiger partial charge is 0.263 e. The second-order valence-corrected chi connectivity index (χ2v) is 24.3. The monoisotopic (exact) mass is 1060 g/mol. The second kappa shape index (κ2) is 17.3. The zero-order chi connectivity index (χ0) is 52.7. The summed E-state index contributed by atoms with van der Waals surface area (Å²) < 4.78 is 6.39. The molecule has 4 nitrogen and oxygen atoms in total. The third-order valence-electron chi connectivity index (χ3n) is 16.8. The molecule has 80 heavy (non-hydrogen) atoms. The van der Waals surface area contributed by atoms with E-state index in [1.54, 1.807) is 0 Å². The summed E-state index contributed by atoms with van der Waals surface area (Å²) in [6.45, 7) is 0. The van der Waals surface area contributed by atoms with Crippen molar-refractivity contribution in [2.24, 2.45) is 0 Å². The lowest BCUT2D eigenvalue weighted by atomic mass is 9.95. The number of fused-ring (bicyclic) bond motifs is 14. The van der Waals surface area contributed by atoms with Gasteiger partial charge in [-0.05, 0) is 180 Å². The largest absolute Gasteiger partial charge is 0.276 e. The fourth-order valence-electron chi connectivity index (χ4n) is 13.0. The van der Waals surface area contributed by atoms with Crippen LogP contribution < -0.4 is 11.1 Å². The molecule has 0 aliphatic carbocycles. The average molecular weight is 1060 g/mol. The molecule has 1 atom stereocenters. The van der Waals surface area contributed by atoms with E-state index in [1.807, 2.05) is 62.8 Å². The summed E-state index contributed by atoms with van der Waals surface area (Å²) in [6, 6.07) is 93.1. The molecule has 1 aliphatic rings. The molecule has 6 heteroatoms. The highest BCUT2D eigenvalue weighted by Gasteiger charge is 2.28. The van der Waals surface area contributed by atoms with Gasteiger partial charge in [0.1, 0.15) is 0 Å². The SMILES string of the molecule is O=c1c2ccccc2c2cc(-c3ccccc3)ccc2n1-c1ccc(-c2cccc([SH]3c4ccccc4-c4cc(-c5ccc6c(c5)c5cc(-c7ccc8sc9ccccc9c8c7)cc7c8ccccc8c(=O)n6c75)ccc43)c2)cc1. The number of hydrogen-bond donors (Lipinski definition) is 1. The van der Waals surface area contributed by atoms with Crippen molar-refractivity contribution in [3.8, 4) is 61.3 Å². The van der Waals surface area contributed by atoms with Gasteiger partial charge in [-0.15, -0.1) is 11.3 Å². The molecular weight excluding hydrogens is 1010 g/mol. The van der Waals surface area contributed by atoms with Crippen molar-refractivity contribution in [3.63, 3.8) is 0 Å². The van der Waals surface area contributed by atoms with Gasteiger partial charge in [-0.3, -0.25) is 18.6 Å². The van der Waals surface area contributed by atoms with Crippen LogP contribution in [0.15, 0.2) is 285 Å². The molecule has 0 spiro atoms. The summed E-state index contributed by atoms with van der Waals surface area (Å²) in [7, 11) is -0.868. The molecule has 0 bridgehead atoms. The summed E-state index contributed by atoms with van der Waals surface area (Å²) in [4.78, 5) is 32.9. The van der Waals surface area contributed by atoms with Gasteiger partial charge < -0.3 is 0 Å². The quantitative estimate of drug-likeness (QED) is 0.133. The first-order chi connectivity index (χ1) is 39.5. The standard InChI is InChI=1S/C74H44N2O2S2/c77-73-58-21-6-4-17-54(58)60-38-47(44-13-2-1-3-14-44)27-33-66(60)75(73)52-31-25-45(26-32-52)46-15-12-16-53(37-46)80-70-24-11-9-20-57(70)63-41-49(30-36-71(63)80)48-28-34-67-61(39-48)65-43-51(42-64-55-18-5-7-22-59(55)74(78)76(67)72(64)65)50-29-35-69-62(40-50)56-19-8-10-23-68(56)79-69/h1-43,80H. The Kier molecular flexibility index (Phi) is 9.79. The van der Waals surface area contributed by atoms with Gasteiger partial charge in [-0.25, -0.2) is 0 Å². The summed E-state index contributed by atoms with van der Waals surface area (Å²) >= 11 is 1.83. The Morgan fingerprint density at radius 1 is 0.300 bits per heavy atom. The van der Waals surface area contributed by atoms with Crippen LogP contribution in [0.1, 0.15) is 0 Å². The molecular formula is C74H44N2O2S2. The van der Waals surface area contributed by atoms with Crippen LogP contribution in [0.2, 0.25) is 0 Å². The first kappa shape index (κ1) is 45.2. The summed E-state index contributed by atoms with van der Waals surface area (Å²) in [5, 5.41) is 10.1. The first-order valence-electron chi connectivity index (χ1n) is 27.0. The number of pyridine rings is 2. The highest BCUT2D eigenvalue weighted by atomic mass is 32.2. The van der Waals surface area contributed by atoms with Gasteiger partial charge in [0.25, 0.3) is 11.1 Å². The van der Waals surface area contributed by atoms with Crippen molar-refractivity contribution in [2.75, 3.05) is 0 Å². The van der Waals surface area contributed by atoms with E-state index < -0.39 is 10.9 Å². The summed E-state index contributed by atoms with van der Waals surface area (Å²) in [5.41, 5.74) is 15.1. The van der Waals surface area contributed by atoms with E-state index in [0.717, 1.165) is 104 Å². The summed E-state index contributed by atoms with van der Waals surface area (Å²) in [6.07, 6.45) is 0. The lowest BCUT2D eigenvalue weighted by molar-refractivity contribution is 1.06. The maximum atomic E-state index is 14.6. The minimum Gasteiger partial charge on any atom is -0.276 e. The number of thiophene rings is 1. The molecule has 17 rings (SSSR count). The van der Waals surface area contributed by atoms with E-state index in [2.05, 4.69) is 218 Å². The molecule has 5 heterocycles. The maximum absolute atomic E-state index is 14.6. The third-order valence-corrected chi connectivity index (χ3v) is 20.5. The minimum atomic E-state index is -0.868. The van der Waals surface area contributed by atoms with Gasteiger partial charge in [-0.2, -0.15) is 10.9 Å². The molecule has 0 N–H and O–H groups in total. The zero-order valence-electron chi connectivity index (χ0n) is 42.9. The molecule has 0 saturated heterocycles. The Hall–Kier alpha value is -9.85. The number of benzene rings is 12. The number of thiol groups is 1. The van der Waals surface area contributed by atoms with Gasteiger partial charge in [-0.1, -0.05) is 152 Å². The van der Waals surface area contributed by atoms with Crippen molar-refractivity contribution in [1.29, 1.82) is 0 Å². The van der Waals surface area contributed by atoms with Crippen LogP contribution >= 0.6 is 22.2 Å². The molecule has 0 saturated carbocycles. The van der Waals surface area contributed by atoms with E-state index in [-0.39, 0.29) is 11.1 Å². The number of hydrogen-bond acceptors (Lipinski definition) is 3. The second-order valence-electron chi connectivity index (χ2n) is 21.1. The molecule has 1 aliphatic heterocycles. The van der Waals surface area contributed by atoms with Crippen molar-refractivity contribution in [2.45, 2.75) is 14.7 Å². The topological polar surface area (TPSA) is 43.5 Å². The van der Waals surface area contributed by atoms with Crippen LogP contribution in [0.4, 0.5) is 0 Å². The van der Waals surface area contributed by atoms with Crippen LogP contribution in [0, 0.1) is 0 Å². The van der Waals surface area contributed by atoms with Gasteiger partial charge in [0.15, 0.2) is 0 Å². The maximum Gasteiger partial charge on any atom is 0.263 e. The lowest BCUT2D eigenvalue weighted by Gasteiger charge is -2.20. The van der Waals surface area contributed by atoms with E-state index >= 15 is 0 Å². The van der Waals surface area contributed by atoms with Gasteiger partial charge >= 0.3 is 0 Å². The van der Waals surface area contributed by atoms with E-state index in [1.165, 1.54) is 46.0 Å². The van der Waals surface area contributed by atoms with Gasteiger partial charge in [0.2, 0.25) is 0 Å². The summed E-state index contributed by atoms with van der Waals surface area (Å²) in [5.74, 6) is 0. The molecule has 0 fully saturated rings. The van der Waals surface area contributed by atoms with Crippen LogP contribution in [-0.4, -0.2) is 8.97 Å². The lowest BCUT2D eigenvalue weighted by Crippen LogP contribution is -2.19. The number of nitrogens with zero attached hydrogens (tertiary/aromatic N) is 2. The van der Waals surface area contributed by atoms with Crippen molar-refractivity contribution in [3.05, 3.63) is 282 Å². The number of aromatic nitrogens is 2. The molecule has 4 aromatic heterocycles. The average Bonchev–Trinajstić information content (AvgIpc) is 4.26. The third kappa shape index (κ3) is 6.70. The molecule has 1 unspecified atom stereocenters. The highest BCUT2D eigenvalue weighted by Crippen LogP contribution is 2.63. The molecule has 0 amide bonds. The van der Waals surface area contributed by atoms with E-state index in [4.69, 9.17) is 0 Å². The van der Waals surface area contributed by atoms with Gasteiger partial charge in [0, 0.05) is 68.0 Å². The predicted molar refractivity (Wildman–Crippen MR) is 338 cm³/mol. The fourth-order valence-corrected chi connectivity index (χ4v) is 16.8.